The van der Waals surface area contributed by atoms with Crippen LogP contribution in [0.4, 0.5) is 5.00 Å². The van der Waals surface area contributed by atoms with Gasteiger partial charge in [-0.2, -0.15) is 0 Å². The van der Waals surface area contributed by atoms with E-state index >= 15 is 0 Å². The van der Waals surface area contributed by atoms with Gasteiger partial charge in [-0.3, -0.25) is 9.59 Å². The van der Waals surface area contributed by atoms with Gasteiger partial charge in [0.25, 0.3) is 5.91 Å². The lowest BCUT2D eigenvalue weighted by molar-refractivity contribution is -0.124. The van der Waals surface area contributed by atoms with Crippen LogP contribution in [0.15, 0.2) is 24.3 Å². The van der Waals surface area contributed by atoms with Crippen molar-refractivity contribution < 1.29 is 19.1 Å². The van der Waals surface area contributed by atoms with E-state index in [0.29, 0.717) is 10.0 Å². The standard InChI is InChI=1S/C18H19ClN2O4S/c1-10-11(2)26-17(21-12(3)22)16(10)18(24)25-9-15(23)20-8-13-6-4-5-7-14(13)19/h4-7H,8-9H2,1-3H3,(H,20,23)(H,21,22). The predicted octanol–water partition coefficient (Wildman–Crippen LogP) is 3.45. The van der Waals surface area contributed by atoms with Crippen molar-refractivity contribution in [2.75, 3.05) is 11.9 Å². The number of thiophene rings is 1. The van der Waals surface area contributed by atoms with Crippen LogP contribution >= 0.6 is 22.9 Å². The van der Waals surface area contributed by atoms with E-state index in [9.17, 15) is 14.4 Å². The van der Waals surface area contributed by atoms with Crippen molar-refractivity contribution in [2.45, 2.75) is 27.3 Å². The minimum Gasteiger partial charge on any atom is -0.452 e. The molecule has 2 rings (SSSR count). The Labute approximate surface area is 160 Å². The molecule has 0 spiro atoms. The largest absolute Gasteiger partial charge is 0.452 e. The maximum absolute atomic E-state index is 12.3. The average molecular weight is 395 g/mol. The van der Waals surface area contributed by atoms with Gasteiger partial charge in [0.15, 0.2) is 6.61 Å². The van der Waals surface area contributed by atoms with E-state index in [1.807, 2.05) is 13.0 Å². The first-order valence-electron chi connectivity index (χ1n) is 7.84. The molecule has 0 fully saturated rings. The Morgan fingerprint density at radius 3 is 2.54 bits per heavy atom. The zero-order chi connectivity index (χ0) is 19.3. The smallest absolute Gasteiger partial charge is 0.341 e. The lowest BCUT2D eigenvalue weighted by Crippen LogP contribution is -2.28. The molecule has 0 bridgehead atoms. The van der Waals surface area contributed by atoms with E-state index in [1.165, 1.54) is 18.3 Å². The zero-order valence-electron chi connectivity index (χ0n) is 14.6. The van der Waals surface area contributed by atoms with Crippen LogP contribution in [-0.4, -0.2) is 24.4 Å². The average Bonchev–Trinajstić information content (AvgIpc) is 2.85. The van der Waals surface area contributed by atoms with Gasteiger partial charge < -0.3 is 15.4 Å². The summed E-state index contributed by atoms with van der Waals surface area (Å²) in [6.45, 7) is 4.80. The van der Waals surface area contributed by atoms with Crippen LogP contribution in [0, 0.1) is 13.8 Å². The molecule has 0 unspecified atom stereocenters. The third-order valence-electron chi connectivity index (χ3n) is 3.65. The number of halogens is 1. The molecule has 0 aliphatic carbocycles. The van der Waals surface area contributed by atoms with Crippen LogP contribution in [0.2, 0.25) is 5.02 Å². The molecule has 8 heteroatoms. The first-order valence-corrected chi connectivity index (χ1v) is 9.03. The van der Waals surface area contributed by atoms with E-state index in [2.05, 4.69) is 10.6 Å². The maximum Gasteiger partial charge on any atom is 0.341 e. The fourth-order valence-electron chi connectivity index (χ4n) is 2.21. The summed E-state index contributed by atoms with van der Waals surface area (Å²) in [7, 11) is 0. The van der Waals surface area contributed by atoms with E-state index < -0.39 is 18.5 Å². The minimum absolute atomic E-state index is 0.240. The van der Waals surface area contributed by atoms with Gasteiger partial charge in [0.1, 0.15) is 5.00 Å². The highest BCUT2D eigenvalue weighted by molar-refractivity contribution is 7.16. The Kier molecular flexibility index (Phi) is 6.76. The summed E-state index contributed by atoms with van der Waals surface area (Å²) >= 11 is 7.32. The molecule has 0 saturated heterocycles. The van der Waals surface area contributed by atoms with E-state index in [0.717, 1.165) is 16.0 Å². The van der Waals surface area contributed by atoms with Crippen molar-refractivity contribution in [3.63, 3.8) is 0 Å². The fourth-order valence-corrected chi connectivity index (χ4v) is 3.51. The van der Waals surface area contributed by atoms with Gasteiger partial charge in [0.05, 0.1) is 5.56 Å². The summed E-state index contributed by atoms with van der Waals surface area (Å²) in [6, 6.07) is 7.14. The molecule has 0 radical (unpaired) electrons. The summed E-state index contributed by atoms with van der Waals surface area (Å²) in [5.74, 6) is -1.37. The fraction of sp³-hybridized carbons (Fsp3) is 0.278. The molecule has 1 aromatic heterocycles. The molecule has 6 nitrogen and oxygen atoms in total. The number of rotatable bonds is 6. The summed E-state index contributed by atoms with van der Waals surface area (Å²) < 4.78 is 5.10. The quantitative estimate of drug-likeness (QED) is 0.735. The van der Waals surface area contributed by atoms with E-state index in [1.54, 1.807) is 25.1 Å². The third-order valence-corrected chi connectivity index (χ3v) is 5.14. The second-order valence-electron chi connectivity index (χ2n) is 5.61. The molecule has 138 valence electrons. The molecule has 1 heterocycles. The van der Waals surface area contributed by atoms with Gasteiger partial charge >= 0.3 is 5.97 Å². The van der Waals surface area contributed by atoms with Crippen molar-refractivity contribution in [1.82, 2.24) is 5.32 Å². The van der Waals surface area contributed by atoms with Crippen molar-refractivity contribution in [3.8, 4) is 0 Å². The number of anilines is 1. The van der Waals surface area contributed by atoms with Crippen molar-refractivity contribution in [2.24, 2.45) is 0 Å². The molecule has 26 heavy (non-hydrogen) atoms. The molecule has 0 atom stereocenters. The number of hydrogen-bond acceptors (Lipinski definition) is 5. The summed E-state index contributed by atoms with van der Waals surface area (Å²) in [6.07, 6.45) is 0. The lowest BCUT2D eigenvalue weighted by atomic mass is 10.1. The van der Waals surface area contributed by atoms with Gasteiger partial charge in [-0.15, -0.1) is 11.3 Å². The number of ether oxygens (including phenoxy) is 1. The summed E-state index contributed by atoms with van der Waals surface area (Å²) in [5, 5.41) is 6.24. The third kappa shape index (κ3) is 5.06. The molecular formula is C18H19ClN2O4S. The minimum atomic E-state index is -0.650. The number of carbonyl (C=O) groups is 3. The second kappa shape index (κ2) is 8.82. The van der Waals surface area contributed by atoms with Crippen LogP contribution in [0.5, 0.6) is 0 Å². The topological polar surface area (TPSA) is 84.5 Å². The molecule has 0 aliphatic rings. The number of benzene rings is 1. The highest BCUT2D eigenvalue weighted by Crippen LogP contribution is 2.32. The molecule has 0 aliphatic heterocycles. The van der Waals surface area contributed by atoms with E-state index in [4.69, 9.17) is 16.3 Å². The second-order valence-corrected chi connectivity index (χ2v) is 7.24. The van der Waals surface area contributed by atoms with Crippen molar-refractivity contribution in [3.05, 3.63) is 50.9 Å². The van der Waals surface area contributed by atoms with Crippen LogP contribution in [0.25, 0.3) is 0 Å². The Morgan fingerprint density at radius 2 is 1.88 bits per heavy atom. The van der Waals surface area contributed by atoms with Crippen LogP contribution in [0.3, 0.4) is 0 Å². The van der Waals surface area contributed by atoms with Crippen LogP contribution < -0.4 is 10.6 Å². The Hall–Kier alpha value is -2.38. The first kappa shape index (κ1) is 19.9. The first-order chi connectivity index (χ1) is 12.3. The number of carbonyl (C=O) groups excluding carboxylic acids is 3. The predicted molar refractivity (Wildman–Crippen MR) is 102 cm³/mol. The van der Waals surface area contributed by atoms with Crippen LogP contribution in [-0.2, 0) is 20.9 Å². The van der Waals surface area contributed by atoms with Crippen LogP contribution in [0.1, 0.15) is 33.3 Å². The molecule has 1 aromatic carbocycles. The zero-order valence-corrected chi connectivity index (χ0v) is 16.2. The Bertz CT molecular complexity index is 848. The van der Waals surface area contributed by atoms with E-state index in [-0.39, 0.29) is 18.0 Å². The lowest BCUT2D eigenvalue weighted by Gasteiger charge is -2.09. The maximum atomic E-state index is 12.3. The highest BCUT2D eigenvalue weighted by atomic mass is 35.5. The number of hydrogen-bond donors (Lipinski definition) is 2. The van der Waals surface area contributed by atoms with Crippen molar-refractivity contribution in [1.29, 1.82) is 0 Å². The van der Waals surface area contributed by atoms with Crippen molar-refractivity contribution >= 4 is 45.7 Å². The molecule has 2 amide bonds. The van der Waals surface area contributed by atoms with Gasteiger partial charge in [-0.1, -0.05) is 29.8 Å². The van der Waals surface area contributed by atoms with Gasteiger partial charge in [-0.25, -0.2) is 4.79 Å². The summed E-state index contributed by atoms with van der Waals surface area (Å²) in [5.41, 5.74) is 1.77. The SMILES string of the molecule is CC(=O)Nc1sc(C)c(C)c1C(=O)OCC(=O)NCc1ccccc1Cl. The normalized spacial score (nSPS) is 10.3. The number of amides is 2. The number of aryl methyl sites for hydroxylation is 1. The molecule has 0 saturated carbocycles. The van der Waals surface area contributed by atoms with Gasteiger partial charge in [0.2, 0.25) is 5.91 Å². The number of esters is 1. The Balaban J connectivity index is 1.95. The molecular weight excluding hydrogens is 376 g/mol. The number of nitrogens with one attached hydrogen (secondary N) is 2. The summed E-state index contributed by atoms with van der Waals surface area (Å²) in [4.78, 5) is 36.4. The highest BCUT2D eigenvalue weighted by Gasteiger charge is 2.22. The monoisotopic (exact) mass is 394 g/mol. The molecule has 2 N–H and O–H groups in total. The molecule has 2 aromatic rings. The van der Waals surface area contributed by atoms with Gasteiger partial charge in [0, 0.05) is 23.4 Å². The van der Waals surface area contributed by atoms with Gasteiger partial charge in [-0.05, 0) is 31.0 Å². The Morgan fingerprint density at radius 1 is 1.19 bits per heavy atom.